The average molecular weight is 411 g/mol. The summed E-state index contributed by atoms with van der Waals surface area (Å²) < 4.78 is 4.94. The molecule has 0 amide bonds. The van der Waals surface area contributed by atoms with Crippen LogP contribution in [0.3, 0.4) is 0 Å². The zero-order chi connectivity index (χ0) is 19.9. The largest absolute Gasteiger partial charge is 0.467 e. The van der Waals surface area contributed by atoms with E-state index in [1.54, 1.807) is 12.1 Å². The van der Waals surface area contributed by atoms with Crippen LogP contribution in [0.25, 0.3) is 0 Å². The van der Waals surface area contributed by atoms with Crippen LogP contribution >= 0.6 is 24.0 Å². The molecule has 1 N–H and O–H groups in total. The fraction of sp³-hybridized carbons (Fsp3) is 0.579. The van der Waals surface area contributed by atoms with Gasteiger partial charge < -0.3 is 10.1 Å². The lowest BCUT2D eigenvalue weighted by molar-refractivity contribution is -0.384. The molecule has 8 heteroatoms. The van der Waals surface area contributed by atoms with Gasteiger partial charge in [-0.15, -0.1) is 0 Å². The maximum atomic E-state index is 12.3. The number of nitro benzene ring substituents is 1. The molecule has 0 unspecified atom stereocenters. The molecule has 1 saturated carbocycles. The minimum atomic E-state index is -0.595. The van der Waals surface area contributed by atoms with Gasteiger partial charge in [0.15, 0.2) is 0 Å². The number of non-ortho nitro benzene ring substituents is 1. The SMILES string of the molecule is COC(=O)[C@H](Cc1ccc([N+](=O)[O-])cc1)NC(=S)C1(CCCSC)CCC1. The summed E-state index contributed by atoms with van der Waals surface area (Å²) in [6.45, 7) is 0. The minimum Gasteiger partial charge on any atom is -0.467 e. The molecule has 0 radical (unpaired) electrons. The number of thiocarbonyl (C=S) groups is 1. The summed E-state index contributed by atoms with van der Waals surface area (Å²) in [6.07, 6.45) is 7.87. The second kappa shape index (κ2) is 10.0. The number of hydrogen-bond donors (Lipinski definition) is 1. The number of rotatable bonds is 10. The van der Waals surface area contributed by atoms with Gasteiger partial charge in [-0.25, -0.2) is 4.79 Å². The Balaban J connectivity index is 2.06. The predicted molar refractivity (Wildman–Crippen MR) is 112 cm³/mol. The van der Waals surface area contributed by atoms with E-state index in [1.165, 1.54) is 19.2 Å². The van der Waals surface area contributed by atoms with Crippen LogP contribution in [0.2, 0.25) is 0 Å². The fourth-order valence-corrected chi connectivity index (χ4v) is 4.27. The predicted octanol–water partition coefficient (Wildman–Crippen LogP) is 3.91. The van der Waals surface area contributed by atoms with Crippen molar-refractivity contribution >= 4 is 40.6 Å². The van der Waals surface area contributed by atoms with Gasteiger partial charge in [-0.2, -0.15) is 11.8 Å². The number of methoxy groups -OCH3 is 1. The lowest BCUT2D eigenvalue weighted by Gasteiger charge is -2.43. The molecule has 2 rings (SSSR count). The number of nitro groups is 1. The van der Waals surface area contributed by atoms with Gasteiger partial charge in [-0.05, 0) is 43.3 Å². The number of ether oxygens (including phenoxy) is 1. The van der Waals surface area contributed by atoms with Crippen molar-refractivity contribution < 1.29 is 14.5 Å². The van der Waals surface area contributed by atoms with Gasteiger partial charge in [-0.3, -0.25) is 10.1 Å². The van der Waals surface area contributed by atoms with E-state index < -0.39 is 11.0 Å². The molecule has 0 spiro atoms. The van der Waals surface area contributed by atoms with Crippen LogP contribution in [0.15, 0.2) is 24.3 Å². The van der Waals surface area contributed by atoms with Crippen LogP contribution in [0.1, 0.15) is 37.7 Å². The van der Waals surface area contributed by atoms with E-state index in [0.29, 0.717) is 6.42 Å². The maximum Gasteiger partial charge on any atom is 0.328 e. The molecule has 0 aromatic heterocycles. The first-order valence-corrected chi connectivity index (χ1v) is 10.8. The Kier molecular flexibility index (Phi) is 8.04. The second-order valence-corrected chi connectivity index (χ2v) is 8.30. The van der Waals surface area contributed by atoms with Gasteiger partial charge in [0.2, 0.25) is 0 Å². The van der Waals surface area contributed by atoms with E-state index in [0.717, 1.165) is 48.4 Å². The molecule has 1 aliphatic rings. The van der Waals surface area contributed by atoms with Gasteiger partial charge in [-0.1, -0.05) is 30.8 Å². The van der Waals surface area contributed by atoms with Crippen LogP contribution in [0.4, 0.5) is 5.69 Å². The van der Waals surface area contributed by atoms with Crippen molar-refractivity contribution in [3.8, 4) is 0 Å². The molecular weight excluding hydrogens is 384 g/mol. The maximum absolute atomic E-state index is 12.3. The number of esters is 1. The first-order valence-electron chi connectivity index (χ1n) is 9.03. The molecule has 1 atom stereocenters. The number of nitrogens with zero attached hydrogens (tertiary/aromatic N) is 1. The Morgan fingerprint density at radius 1 is 1.41 bits per heavy atom. The van der Waals surface area contributed by atoms with Gasteiger partial charge >= 0.3 is 5.97 Å². The number of carbonyl (C=O) groups excluding carboxylic acids is 1. The summed E-state index contributed by atoms with van der Waals surface area (Å²) in [4.78, 5) is 23.4. The van der Waals surface area contributed by atoms with Crippen molar-refractivity contribution in [3.63, 3.8) is 0 Å². The molecule has 6 nitrogen and oxygen atoms in total. The highest BCUT2D eigenvalue weighted by molar-refractivity contribution is 7.98. The quantitative estimate of drug-likeness (QED) is 0.206. The van der Waals surface area contributed by atoms with E-state index in [9.17, 15) is 14.9 Å². The number of hydrogen-bond acceptors (Lipinski definition) is 6. The third-order valence-corrected chi connectivity index (χ3v) is 6.42. The fourth-order valence-electron chi connectivity index (χ4n) is 3.39. The molecule has 148 valence electrons. The normalized spacial score (nSPS) is 16.1. The third kappa shape index (κ3) is 5.65. The van der Waals surface area contributed by atoms with Crippen molar-refractivity contribution in [3.05, 3.63) is 39.9 Å². The summed E-state index contributed by atoms with van der Waals surface area (Å²) in [5.74, 6) is 0.724. The summed E-state index contributed by atoms with van der Waals surface area (Å²) in [6, 6.07) is 5.62. The minimum absolute atomic E-state index is 0.00713. The van der Waals surface area contributed by atoms with E-state index >= 15 is 0 Å². The Morgan fingerprint density at radius 3 is 2.56 bits per heavy atom. The van der Waals surface area contributed by atoms with Crippen molar-refractivity contribution in [1.29, 1.82) is 0 Å². The van der Waals surface area contributed by atoms with Crippen LogP contribution in [-0.4, -0.2) is 41.0 Å². The van der Waals surface area contributed by atoms with Crippen molar-refractivity contribution in [2.24, 2.45) is 5.41 Å². The molecule has 1 aliphatic carbocycles. The summed E-state index contributed by atoms with van der Waals surface area (Å²) in [7, 11) is 1.35. The lowest BCUT2D eigenvalue weighted by Crippen LogP contribution is -2.51. The monoisotopic (exact) mass is 410 g/mol. The second-order valence-electron chi connectivity index (χ2n) is 6.91. The highest BCUT2D eigenvalue weighted by Crippen LogP contribution is 2.46. The van der Waals surface area contributed by atoms with Crippen LogP contribution < -0.4 is 5.32 Å². The van der Waals surface area contributed by atoms with Gasteiger partial charge in [0.1, 0.15) is 6.04 Å². The van der Waals surface area contributed by atoms with E-state index in [2.05, 4.69) is 11.6 Å². The molecule has 1 fully saturated rings. The molecule has 1 aromatic rings. The molecule has 1 aromatic carbocycles. The molecular formula is C19H26N2O4S2. The average Bonchev–Trinajstić information content (AvgIpc) is 2.63. The molecule has 0 heterocycles. The molecule has 0 bridgehead atoms. The number of carbonyl (C=O) groups is 1. The van der Waals surface area contributed by atoms with Gasteiger partial charge in [0, 0.05) is 24.0 Å². The van der Waals surface area contributed by atoms with Crippen molar-refractivity contribution in [2.45, 2.75) is 44.6 Å². The Labute approximate surface area is 169 Å². The summed E-state index contributed by atoms with van der Waals surface area (Å²) >= 11 is 7.52. The Hall–Kier alpha value is -1.67. The third-order valence-electron chi connectivity index (χ3n) is 5.17. The van der Waals surface area contributed by atoms with Crippen LogP contribution in [0, 0.1) is 15.5 Å². The van der Waals surface area contributed by atoms with E-state index in [1.807, 2.05) is 11.8 Å². The number of nitrogens with one attached hydrogen (secondary N) is 1. The lowest BCUT2D eigenvalue weighted by atomic mass is 9.66. The highest BCUT2D eigenvalue weighted by atomic mass is 32.2. The van der Waals surface area contributed by atoms with Gasteiger partial charge in [0.05, 0.1) is 17.0 Å². The highest BCUT2D eigenvalue weighted by Gasteiger charge is 2.41. The standard InChI is InChI=1S/C19H26N2O4S2/c1-25-17(22)16(13-14-5-7-15(8-6-14)21(23)24)20-18(26)19(9-3-10-19)11-4-12-27-2/h5-8,16H,3-4,9-13H2,1-2H3,(H,20,26)/t16-/m0/s1. The zero-order valence-electron chi connectivity index (χ0n) is 15.7. The Morgan fingerprint density at radius 2 is 2.07 bits per heavy atom. The first kappa shape index (κ1) is 21.6. The Bertz CT molecular complexity index is 675. The molecule has 0 aliphatic heterocycles. The topological polar surface area (TPSA) is 81.5 Å². The van der Waals surface area contributed by atoms with Gasteiger partial charge in [0.25, 0.3) is 5.69 Å². The summed E-state index contributed by atoms with van der Waals surface area (Å²) in [5, 5.41) is 14.0. The van der Waals surface area contributed by atoms with E-state index in [-0.39, 0.29) is 17.1 Å². The van der Waals surface area contributed by atoms with Crippen LogP contribution in [-0.2, 0) is 16.0 Å². The smallest absolute Gasteiger partial charge is 0.328 e. The van der Waals surface area contributed by atoms with Crippen molar-refractivity contribution in [2.75, 3.05) is 19.1 Å². The number of benzene rings is 1. The first-order chi connectivity index (χ1) is 12.9. The van der Waals surface area contributed by atoms with Crippen molar-refractivity contribution in [1.82, 2.24) is 5.32 Å². The molecule has 0 saturated heterocycles. The van der Waals surface area contributed by atoms with E-state index in [4.69, 9.17) is 17.0 Å². The van der Waals surface area contributed by atoms with Crippen LogP contribution in [0.5, 0.6) is 0 Å². The zero-order valence-corrected chi connectivity index (χ0v) is 17.4. The summed E-state index contributed by atoms with van der Waals surface area (Å²) in [5.41, 5.74) is 0.836. The molecule has 27 heavy (non-hydrogen) atoms. The number of thioether (sulfide) groups is 1.